The van der Waals surface area contributed by atoms with Gasteiger partial charge in [0.1, 0.15) is 11.5 Å². The molecule has 0 aliphatic carbocycles. The topological polar surface area (TPSA) is 71.5 Å². The largest absolute Gasteiger partial charge is 0.496 e. The van der Waals surface area contributed by atoms with E-state index in [0.29, 0.717) is 12.4 Å². The molecule has 0 amide bonds. The zero-order chi connectivity index (χ0) is 19.1. The minimum Gasteiger partial charge on any atom is -0.496 e. The highest BCUT2D eigenvalue weighted by Gasteiger charge is 2.09. The minimum absolute atomic E-state index is 0.596. The predicted octanol–water partition coefficient (Wildman–Crippen LogP) is 4.95. The Bertz CT molecular complexity index is 906. The number of thioether (sulfide) groups is 1. The number of nitrogens with zero attached hydrogens (tertiary/aromatic N) is 2. The van der Waals surface area contributed by atoms with Gasteiger partial charge in [-0.05, 0) is 49.6 Å². The number of H-pyrrole nitrogens is 1. The maximum absolute atomic E-state index is 5.46. The number of methoxy groups -OCH3 is 1. The molecular formula is C20H22N4O2S. The third-order valence-corrected chi connectivity index (χ3v) is 4.37. The first kappa shape index (κ1) is 18.8. The van der Waals surface area contributed by atoms with E-state index in [1.807, 2.05) is 67.8 Å². The number of aromatic nitrogens is 2. The normalized spacial score (nSPS) is 11.3. The number of ether oxygens (including phenoxy) is 2. The van der Waals surface area contributed by atoms with E-state index in [-0.39, 0.29) is 0 Å². The summed E-state index contributed by atoms with van der Waals surface area (Å²) in [6.45, 7) is 2.62. The van der Waals surface area contributed by atoms with E-state index >= 15 is 0 Å². The number of aliphatic imine (C=N–C) groups is 1. The Kier molecular flexibility index (Phi) is 6.38. The molecule has 0 fully saturated rings. The number of hydrogen-bond donors (Lipinski definition) is 2. The van der Waals surface area contributed by atoms with Crippen LogP contribution in [-0.4, -0.2) is 35.3 Å². The van der Waals surface area contributed by atoms with Crippen LogP contribution in [0.1, 0.15) is 6.92 Å². The fourth-order valence-corrected chi connectivity index (χ4v) is 2.93. The third kappa shape index (κ3) is 4.83. The van der Waals surface area contributed by atoms with E-state index < -0.39 is 0 Å². The lowest BCUT2D eigenvalue weighted by molar-refractivity contribution is 0.340. The average molecular weight is 382 g/mol. The Hall–Kier alpha value is -2.93. The van der Waals surface area contributed by atoms with Crippen molar-refractivity contribution in [2.75, 3.05) is 25.3 Å². The highest BCUT2D eigenvalue weighted by molar-refractivity contribution is 8.13. The van der Waals surface area contributed by atoms with Crippen molar-refractivity contribution in [3.05, 3.63) is 54.6 Å². The summed E-state index contributed by atoms with van der Waals surface area (Å²) in [6.07, 6.45) is 1.97. The van der Waals surface area contributed by atoms with Gasteiger partial charge in [0.25, 0.3) is 0 Å². The Morgan fingerprint density at radius 3 is 2.67 bits per heavy atom. The van der Waals surface area contributed by atoms with Gasteiger partial charge in [0.2, 0.25) is 0 Å². The molecule has 2 aromatic carbocycles. The summed E-state index contributed by atoms with van der Waals surface area (Å²) in [4.78, 5) is 4.59. The lowest BCUT2D eigenvalue weighted by Gasteiger charge is -2.08. The van der Waals surface area contributed by atoms with Gasteiger partial charge in [0, 0.05) is 17.3 Å². The molecule has 7 heteroatoms. The van der Waals surface area contributed by atoms with Crippen LogP contribution < -0.4 is 14.8 Å². The number of hydrogen-bond acceptors (Lipinski definition) is 5. The van der Waals surface area contributed by atoms with Crippen molar-refractivity contribution in [1.29, 1.82) is 0 Å². The molecule has 0 bridgehead atoms. The first-order valence-electron chi connectivity index (χ1n) is 8.55. The number of rotatable bonds is 6. The van der Waals surface area contributed by atoms with Crippen LogP contribution in [0.4, 0.5) is 11.5 Å². The van der Waals surface area contributed by atoms with E-state index in [4.69, 9.17) is 9.47 Å². The monoisotopic (exact) mass is 382 g/mol. The molecule has 0 atom stereocenters. The second-order valence-electron chi connectivity index (χ2n) is 5.54. The fourth-order valence-electron chi connectivity index (χ4n) is 2.53. The van der Waals surface area contributed by atoms with Crippen molar-refractivity contribution in [3.8, 4) is 22.8 Å². The molecule has 0 unspecified atom stereocenters. The standard InChI is InChI=1S/C20H22N4O2S/c1-4-26-15-11-9-14(10-12-15)21-20(27-3)22-19-13-17(23-24-19)16-7-5-6-8-18(16)25-2/h5-13H,4H2,1-3H3,(H2,21,22,23,24). The van der Waals surface area contributed by atoms with Gasteiger partial charge in [-0.2, -0.15) is 5.10 Å². The SMILES string of the molecule is CCOc1ccc(NC(=Nc2cc(-c3ccccc3OC)[nH]n2)SC)cc1. The Morgan fingerprint density at radius 2 is 1.96 bits per heavy atom. The second-order valence-corrected chi connectivity index (χ2v) is 6.34. The van der Waals surface area contributed by atoms with Crippen molar-refractivity contribution in [2.45, 2.75) is 6.92 Å². The number of para-hydroxylation sites is 1. The Balaban J connectivity index is 1.77. The first-order chi connectivity index (χ1) is 13.2. The molecule has 0 aliphatic rings. The molecule has 0 radical (unpaired) electrons. The van der Waals surface area contributed by atoms with Gasteiger partial charge in [-0.3, -0.25) is 5.10 Å². The van der Waals surface area contributed by atoms with Gasteiger partial charge in [0.15, 0.2) is 11.0 Å². The van der Waals surface area contributed by atoms with Gasteiger partial charge < -0.3 is 14.8 Å². The smallest absolute Gasteiger partial charge is 0.176 e. The molecule has 0 spiro atoms. The molecule has 0 saturated heterocycles. The van der Waals surface area contributed by atoms with Crippen molar-refractivity contribution in [2.24, 2.45) is 4.99 Å². The Labute approximate surface area is 163 Å². The maximum atomic E-state index is 5.46. The predicted molar refractivity (Wildman–Crippen MR) is 112 cm³/mol. The number of benzene rings is 2. The lowest BCUT2D eigenvalue weighted by atomic mass is 10.1. The molecular weight excluding hydrogens is 360 g/mol. The van der Waals surface area contributed by atoms with Crippen molar-refractivity contribution < 1.29 is 9.47 Å². The summed E-state index contributed by atoms with van der Waals surface area (Å²) in [5, 5.41) is 11.4. The van der Waals surface area contributed by atoms with E-state index in [9.17, 15) is 0 Å². The van der Waals surface area contributed by atoms with Crippen LogP contribution in [0.15, 0.2) is 59.6 Å². The number of nitrogens with one attached hydrogen (secondary N) is 2. The van der Waals surface area contributed by atoms with Crippen LogP contribution in [0.5, 0.6) is 11.5 Å². The van der Waals surface area contributed by atoms with Gasteiger partial charge in [-0.1, -0.05) is 23.9 Å². The molecule has 3 aromatic rings. The highest BCUT2D eigenvalue weighted by Crippen LogP contribution is 2.30. The number of aromatic amines is 1. The van der Waals surface area contributed by atoms with E-state index in [0.717, 1.165) is 33.6 Å². The van der Waals surface area contributed by atoms with Gasteiger partial charge in [0.05, 0.1) is 19.4 Å². The summed E-state index contributed by atoms with van der Waals surface area (Å²) in [5.74, 6) is 2.23. The van der Waals surface area contributed by atoms with Crippen LogP contribution in [0, 0.1) is 0 Å². The van der Waals surface area contributed by atoms with Crippen molar-refractivity contribution in [1.82, 2.24) is 10.2 Å². The van der Waals surface area contributed by atoms with E-state index in [1.165, 1.54) is 11.8 Å². The van der Waals surface area contributed by atoms with Crippen LogP contribution >= 0.6 is 11.8 Å². The summed E-state index contributed by atoms with van der Waals surface area (Å²) in [6, 6.07) is 17.5. The lowest BCUT2D eigenvalue weighted by Crippen LogP contribution is -2.06. The minimum atomic E-state index is 0.596. The molecule has 0 aliphatic heterocycles. The third-order valence-electron chi connectivity index (χ3n) is 3.79. The summed E-state index contributed by atoms with van der Waals surface area (Å²) in [7, 11) is 1.65. The van der Waals surface area contributed by atoms with Crippen LogP contribution in [-0.2, 0) is 0 Å². The van der Waals surface area contributed by atoms with Crippen LogP contribution in [0.2, 0.25) is 0 Å². The number of amidine groups is 1. The summed E-state index contributed by atoms with van der Waals surface area (Å²) in [5.41, 5.74) is 2.74. The molecule has 1 heterocycles. The zero-order valence-electron chi connectivity index (χ0n) is 15.5. The van der Waals surface area contributed by atoms with E-state index in [1.54, 1.807) is 7.11 Å². The van der Waals surface area contributed by atoms with Crippen LogP contribution in [0.25, 0.3) is 11.3 Å². The first-order valence-corrected chi connectivity index (χ1v) is 9.77. The quantitative estimate of drug-likeness (QED) is 0.466. The molecule has 27 heavy (non-hydrogen) atoms. The van der Waals surface area contributed by atoms with Gasteiger partial charge >= 0.3 is 0 Å². The fraction of sp³-hybridized carbons (Fsp3) is 0.200. The molecule has 3 rings (SSSR count). The zero-order valence-corrected chi connectivity index (χ0v) is 16.3. The average Bonchev–Trinajstić information content (AvgIpc) is 3.17. The maximum Gasteiger partial charge on any atom is 0.176 e. The van der Waals surface area contributed by atoms with Crippen molar-refractivity contribution >= 4 is 28.4 Å². The summed E-state index contributed by atoms with van der Waals surface area (Å²) >= 11 is 1.52. The number of anilines is 1. The molecule has 2 N–H and O–H groups in total. The molecule has 140 valence electrons. The molecule has 0 saturated carbocycles. The van der Waals surface area contributed by atoms with Gasteiger partial charge in [-0.25, -0.2) is 4.99 Å². The highest BCUT2D eigenvalue weighted by atomic mass is 32.2. The molecule has 1 aromatic heterocycles. The van der Waals surface area contributed by atoms with E-state index in [2.05, 4.69) is 20.5 Å². The Morgan fingerprint density at radius 1 is 1.19 bits per heavy atom. The van der Waals surface area contributed by atoms with Gasteiger partial charge in [-0.15, -0.1) is 0 Å². The van der Waals surface area contributed by atoms with Crippen LogP contribution in [0.3, 0.4) is 0 Å². The van der Waals surface area contributed by atoms with Crippen molar-refractivity contribution in [3.63, 3.8) is 0 Å². The molecule has 6 nitrogen and oxygen atoms in total. The second kappa shape index (κ2) is 9.14. The summed E-state index contributed by atoms with van der Waals surface area (Å²) < 4.78 is 10.9.